The van der Waals surface area contributed by atoms with E-state index in [0.717, 1.165) is 0 Å². The van der Waals surface area contributed by atoms with E-state index >= 15 is 0 Å². The summed E-state index contributed by atoms with van der Waals surface area (Å²) in [4.78, 5) is 3.67. The fraction of sp³-hybridized carbons (Fsp3) is 0.250. The average Bonchev–Trinajstić information content (AvgIpc) is 1.60. The first-order valence-electron chi connectivity index (χ1n) is 2.47. The van der Waals surface area contributed by atoms with E-state index in [0.29, 0.717) is 0 Å². The summed E-state index contributed by atoms with van der Waals surface area (Å²) >= 11 is 0. The average molecular weight is 127 g/mol. The van der Waals surface area contributed by atoms with Crippen LogP contribution in [0.4, 0.5) is 0 Å². The summed E-state index contributed by atoms with van der Waals surface area (Å²) in [5.74, 6) is -0.891. The number of nitrogens with zero attached hydrogens (tertiary/aromatic N) is 1. The molecule has 0 aliphatic carbocycles. The van der Waals surface area contributed by atoms with Crippen LogP contribution in [0.25, 0.3) is 0 Å². The smallest absolute Gasteiger partial charge is 0.195 e. The molecule has 0 spiro atoms. The van der Waals surface area contributed by atoms with Gasteiger partial charge in [0.05, 0.1) is 0 Å². The van der Waals surface area contributed by atoms with Gasteiger partial charge in [0.1, 0.15) is 0 Å². The van der Waals surface area contributed by atoms with E-state index in [2.05, 4.69) is 10.3 Å². The molecule has 5 nitrogen and oxygen atoms in total. The maximum absolute atomic E-state index is 5.35. The molecule has 7 N–H and O–H groups in total. The molecule has 0 bridgehead atoms. The Bertz CT molecular complexity index is 168. The molecule has 0 fully saturated rings. The SMILES string of the molecule is NC1=NC(N)(N)C=CN1. The van der Waals surface area contributed by atoms with Crippen molar-refractivity contribution in [2.24, 2.45) is 22.2 Å². The van der Waals surface area contributed by atoms with Crippen LogP contribution in [0.1, 0.15) is 0 Å². The topological polar surface area (TPSA) is 102 Å². The fourth-order valence-corrected chi connectivity index (χ4v) is 0.539. The summed E-state index contributed by atoms with van der Waals surface area (Å²) in [6, 6.07) is 0. The minimum absolute atomic E-state index is 0.238. The quantitative estimate of drug-likeness (QED) is 0.282. The van der Waals surface area contributed by atoms with Crippen molar-refractivity contribution in [3.8, 4) is 0 Å². The normalized spacial score (nSPS) is 22.7. The highest BCUT2D eigenvalue weighted by atomic mass is 15.2. The lowest BCUT2D eigenvalue weighted by Gasteiger charge is -2.19. The van der Waals surface area contributed by atoms with Gasteiger partial charge in [-0.1, -0.05) is 0 Å². The van der Waals surface area contributed by atoms with E-state index in [-0.39, 0.29) is 5.96 Å². The number of hydrogen-bond acceptors (Lipinski definition) is 5. The van der Waals surface area contributed by atoms with Crippen molar-refractivity contribution < 1.29 is 0 Å². The van der Waals surface area contributed by atoms with Crippen molar-refractivity contribution in [3.63, 3.8) is 0 Å². The summed E-state index contributed by atoms with van der Waals surface area (Å²) < 4.78 is 0. The Labute approximate surface area is 52.6 Å². The summed E-state index contributed by atoms with van der Waals surface area (Å²) in [5, 5.41) is 2.62. The van der Waals surface area contributed by atoms with E-state index < -0.39 is 5.79 Å². The first-order valence-corrected chi connectivity index (χ1v) is 2.47. The van der Waals surface area contributed by atoms with Crippen LogP contribution in [0.15, 0.2) is 17.3 Å². The van der Waals surface area contributed by atoms with Gasteiger partial charge in [0, 0.05) is 6.20 Å². The molecule has 1 aliphatic rings. The van der Waals surface area contributed by atoms with Gasteiger partial charge in [0.15, 0.2) is 11.7 Å². The predicted octanol–water partition coefficient (Wildman–Crippen LogP) is -2.01. The number of nitrogens with one attached hydrogen (secondary N) is 1. The molecule has 1 rings (SSSR count). The number of nitrogens with two attached hydrogens (primary N) is 3. The Kier molecular flexibility index (Phi) is 1.15. The molecule has 1 heterocycles. The number of guanidine groups is 1. The lowest BCUT2D eigenvalue weighted by molar-refractivity contribution is 0.572. The molecule has 0 aromatic carbocycles. The van der Waals surface area contributed by atoms with Gasteiger partial charge in [-0.05, 0) is 6.08 Å². The number of hydrogen-bond donors (Lipinski definition) is 4. The molecule has 0 aromatic heterocycles. The highest BCUT2D eigenvalue weighted by Gasteiger charge is 2.15. The Morgan fingerprint density at radius 3 is 2.56 bits per heavy atom. The maximum atomic E-state index is 5.35. The second kappa shape index (κ2) is 1.71. The van der Waals surface area contributed by atoms with Crippen LogP contribution >= 0.6 is 0 Å². The van der Waals surface area contributed by atoms with Crippen molar-refractivity contribution in [1.82, 2.24) is 5.32 Å². The van der Waals surface area contributed by atoms with Crippen molar-refractivity contribution in [2.75, 3.05) is 0 Å². The van der Waals surface area contributed by atoms with E-state index in [9.17, 15) is 0 Å². The molecule has 1 aliphatic heterocycles. The summed E-state index contributed by atoms with van der Waals surface area (Å²) in [6.07, 6.45) is 3.08. The third-order valence-corrected chi connectivity index (χ3v) is 0.896. The van der Waals surface area contributed by atoms with Crippen LogP contribution in [-0.4, -0.2) is 11.7 Å². The Hall–Kier alpha value is -1.07. The zero-order chi connectivity index (χ0) is 6.91. The largest absolute Gasteiger partial charge is 0.370 e. The van der Waals surface area contributed by atoms with E-state index in [1.54, 1.807) is 6.20 Å². The number of aliphatic imine (C=N–C) groups is 1. The van der Waals surface area contributed by atoms with Gasteiger partial charge in [0.25, 0.3) is 0 Å². The van der Waals surface area contributed by atoms with Gasteiger partial charge in [0.2, 0.25) is 0 Å². The zero-order valence-corrected chi connectivity index (χ0v) is 4.83. The molecule has 0 atom stereocenters. The first kappa shape index (κ1) is 6.06. The molecule has 0 unspecified atom stereocenters. The zero-order valence-electron chi connectivity index (χ0n) is 4.83. The monoisotopic (exact) mass is 127 g/mol. The molecule has 50 valence electrons. The molecular weight excluding hydrogens is 118 g/mol. The number of rotatable bonds is 0. The molecule has 0 saturated heterocycles. The molecule has 5 heteroatoms. The highest BCUT2D eigenvalue weighted by Crippen LogP contribution is 1.96. The van der Waals surface area contributed by atoms with Gasteiger partial charge in [-0.2, -0.15) is 0 Å². The van der Waals surface area contributed by atoms with Crippen LogP contribution in [-0.2, 0) is 0 Å². The van der Waals surface area contributed by atoms with E-state index in [1.807, 2.05) is 0 Å². The predicted molar refractivity (Wildman–Crippen MR) is 35.0 cm³/mol. The third-order valence-electron chi connectivity index (χ3n) is 0.896. The highest BCUT2D eigenvalue weighted by molar-refractivity contribution is 5.80. The van der Waals surface area contributed by atoms with E-state index in [4.69, 9.17) is 17.2 Å². The third kappa shape index (κ3) is 1.41. The fourth-order valence-electron chi connectivity index (χ4n) is 0.539. The Balaban J connectivity index is 2.78. The lowest BCUT2D eigenvalue weighted by Crippen LogP contribution is -2.51. The summed E-state index contributed by atoms with van der Waals surface area (Å²) in [5.41, 5.74) is 15.9. The minimum atomic E-state index is -1.13. The Morgan fingerprint density at radius 1 is 1.56 bits per heavy atom. The van der Waals surface area contributed by atoms with Crippen LogP contribution < -0.4 is 22.5 Å². The van der Waals surface area contributed by atoms with Crippen LogP contribution in [0.3, 0.4) is 0 Å². The van der Waals surface area contributed by atoms with E-state index in [1.165, 1.54) is 6.08 Å². The minimum Gasteiger partial charge on any atom is -0.370 e. The summed E-state index contributed by atoms with van der Waals surface area (Å²) in [6.45, 7) is 0. The standard InChI is InChI=1S/C4H9N5/c5-3-8-2-1-4(6,7)9-3/h1-2H,6-7H2,(H3,5,8,9). The van der Waals surface area contributed by atoms with Gasteiger partial charge in [-0.15, -0.1) is 0 Å². The van der Waals surface area contributed by atoms with Crippen molar-refractivity contribution in [3.05, 3.63) is 12.3 Å². The van der Waals surface area contributed by atoms with Crippen LogP contribution in [0, 0.1) is 0 Å². The second-order valence-corrected chi connectivity index (χ2v) is 1.86. The maximum Gasteiger partial charge on any atom is 0.195 e. The molecular formula is C4H9N5. The van der Waals surface area contributed by atoms with Crippen molar-refractivity contribution in [2.45, 2.75) is 5.79 Å². The van der Waals surface area contributed by atoms with Crippen LogP contribution in [0.5, 0.6) is 0 Å². The lowest BCUT2D eigenvalue weighted by atomic mass is 10.3. The van der Waals surface area contributed by atoms with Gasteiger partial charge in [-0.25, -0.2) is 4.99 Å². The first-order chi connectivity index (χ1) is 4.10. The van der Waals surface area contributed by atoms with Gasteiger partial charge >= 0.3 is 0 Å². The van der Waals surface area contributed by atoms with Crippen molar-refractivity contribution >= 4 is 5.96 Å². The van der Waals surface area contributed by atoms with Gasteiger partial charge < -0.3 is 11.1 Å². The molecule has 9 heavy (non-hydrogen) atoms. The molecule has 0 amide bonds. The van der Waals surface area contributed by atoms with Crippen LogP contribution in [0.2, 0.25) is 0 Å². The Morgan fingerprint density at radius 2 is 2.22 bits per heavy atom. The second-order valence-electron chi connectivity index (χ2n) is 1.86. The molecule has 0 aromatic rings. The molecule has 0 radical (unpaired) electrons. The van der Waals surface area contributed by atoms with Crippen molar-refractivity contribution in [1.29, 1.82) is 0 Å². The molecule has 0 saturated carbocycles. The summed E-state index contributed by atoms with van der Waals surface area (Å²) in [7, 11) is 0. The van der Waals surface area contributed by atoms with Gasteiger partial charge in [-0.3, -0.25) is 11.5 Å².